The molecule has 5 nitrogen and oxygen atoms in total. The predicted octanol–water partition coefficient (Wildman–Crippen LogP) is 7.99. The minimum Gasteiger partial charge on any atom is -0.496 e. The van der Waals surface area contributed by atoms with E-state index in [4.69, 9.17) is 9.15 Å². The van der Waals surface area contributed by atoms with E-state index in [0.717, 1.165) is 54.6 Å². The van der Waals surface area contributed by atoms with Crippen molar-refractivity contribution in [3.8, 4) is 16.9 Å². The number of ether oxygens (including phenoxy) is 1. The molecule has 2 heterocycles. The van der Waals surface area contributed by atoms with E-state index in [1.807, 2.05) is 39.0 Å². The first kappa shape index (κ1) is 23.8. The van der Waals surface area contributed by atoms with Crippen LogP contribution >= 0.6 is 11.3 Å². The lowest BCUT2D eigenvalue weighted by molar-refractivity contribution is -0.111. The third-order valence-corrected chi connectivity index (χ3v) is 7.48. The highest BCUT2D eigenvalue weighted by molar-refractivity contribution is 7.22. The standard InChI is InChI=1S/C30H28N2O3S/c1-16-10-11-21(18(3)12-16)24-15-35-29-20(5)28(34-6)22(14-23(24)29)19(4)13-26(33)31-30-32-27-17(2)8-7-9-25(27)36-30/h7-15H,1-6H3,(H,31,32,33)/b19-13+. The third-order valence-electron chi connectivity index (χ3n) is 6.54. The van der Waals surface area contributed by atoms with Gasteiger partial charge in [0.15, 0.2) is 5.13 Å². The van der Waals surface area contributed by atoms with Crippen LogP contribution in [0.2, 0.25) is 0 Å². The maximum atomic E-state index is 12.9. The molecule has 0 radical (unpaired) electrons. The number of aryl methyl sites for hydroxylation is 4. The molecule has 5 aromatic rings. The van der Waals surface area contributed by atoms with Crippen molar-refractivity contribution in [3.05, 3.63) is 82.6 Å². The number of hydrogen-bond acceptors (Lipinski definition) is 5. The number of anilines is 1. The van der Waals surface area contributed by atoms with Crippen molar-refractivity contribution in [2.75, 3.05) is 12.4 Å². The lowest BCUT2D eigenvalue weighted by atomic mass is 9.94. The number of para-hydroxylation sites is 1. The van der Waals surface area contributed by atoms with E-state index in [2.05, 4.69) is 48.4 Å². The van der Waals surface area contributed by atoms with E-state index in [9.17, 15) is 4.79 Å². The zero-order valence-electron chi connectivity index (χ0n) is 21.3. The molecule has 6 heteroatoms. The summed E-state index contributed by atoms with van der Waals surface area (Å²) in [4.78, 5) is 17.5. The number of carbonyl (C=O) groups is 1. The van der Waals surface area contributed by atoms with Gasteiger partial charge in [0.2, 0.25) is 5.91 Å². The van der Waals surface area contributed by atoms with Crippen LogP contribution in [0.1, 0.15) is 34.7 Å². The fraction of sp³-hybridized carbons (Fsp3) is 0.200. The van der Waals surface area contributed by atoms with E-state index in [-0.39, 0.29) is 5.91 Å². The summed E-state index contributed by atoms with van der Waals surface area (Å²) in [6.07, 6.45) is 3.40. The van der Waals surface area contributed by atoms with Crippen LogP contribution in [0.3, 0.4) is 0 Å². The van der Waals surface area contributed by atoms with Crippen LogP contribution in [0, 0.1) is 27.7 Å². The summed E-state index contributed by atoms with van der Waals surface area (Å²) < 4.78 is 12.8. The summed E-state index contributed by atoms with van der Waals surface area (Å²) in [6, 6.07) is 14.5. The second-order valence-corrected chi connectivity index (χ2v) is 10.2. The Morgan fingerprint density at radius 1 is 1.06 bits per heavy atom. The molecule has 5 rings (SSSR count). The minimum atomic E-state index is -0.231. The summed E-state index contributed by atoms with van der Waals surface area (Å²) in [5.41, 5.74) is 9.88. The Kier molecular flexibility index (Phi) is 6.14. The highest BCUT2D eigenvalue weighted by atomic mass is 32.1. The van der Waals surface area contributed by atoms with Gasteiger partial charge in [-0.3, -0.25) is 10.1 Å². The smallest absolute Gasteiger partial charge is 0.250 e. The Morgan fingerprint density at radius 2 is 1.86 bits per heavy atom. The molecule has 0 aliphatic rings. The Balaban J connectivity index is 1.54. The number of nitrogens with zero attached hydrogens (tertiary/aromatic N) is 1. The SMILES string of the molecule is COc1c(/C(C)=C/C(=O)Nc2nc3c(C)cccc3s2)cc2c(-c3ccc(C)cc3C)coc2c1C. The molecule has 182 valence electrons. The third kappa shape index (κ3) is 4.18. The van der Waals surface area contributed by atoms with Crippen molar-refractivity contribution in [1.29, 1.82) is 0 Å². The van der Waals surface area contributed by atoms with Gasteiger partial charge in [0.1, 0.15) is 11.3 Å². The van der Waals surface area contributed by atoms with Crippen molar-refractivity contribution in [2.45, 2.75) is 34.6 Å². The lowest BCUT2D eigenvalue weighted by Crippen LogP contribution is -2.08. The molecule has 2 aromatic heterocycles. The van der Waals surface area contributed by atoms with Crippen LogP contribution in [0.4, 0.5) is 5.13 Å². The summed E-state index contributed by atoms with van der Waals surface area (Å²) in [7, 11) is 1.64. The van der Waals surface area contributed by atoms with Gasteiger partial charge >= 0.3 is 0 Å². The first-order chi connectivity index (χ1) is 17.3. The van der Waals surface area contributed by atoms with Crippen LogP contribution in [0.15, 0.2) is 59.2 Å². The van der Waals surface area contributed by atoms with Gasteiger partial charge in [0.25, 0.3) is 0 Å². The quantitative estimate of drug-likeness (QED) is 0.250. The Bertz CT molecular complexity index is 1670. The van der Waals surface area contributed by atoms with Crippen molar-refractivity contribution >= 4 is 49.1 Å². The van der Waals surface area contributed by atoms with E-state index in [1.165, 1.54) is 22.5 Å². The number of rotatable bonds is 5. The minimum absolute atomic E-state index is 0.231. The molecule has 0 aliphatic heterocycles. The molecule has 0 aliphatic carbocycles. The molecule has 0 atom stereocenters. The van der Waals surface area contributed by atoms with Crippen LogP contribution in [-0.4, -0.2) is 18.0 Å². The lowest BCUT2D eigenvalue weighted by Gasteiger charge is -2.13. The second kappa shape index (κ2) is 9.28. The Labute approximate surface area is 214 Å². The molecule has 1 N–H and O–H groups in total. The van der Waals surface area contributed by atoms with Crippen LogP contribution in [-0.2, 0) is 4.79 Å². The maximum absolute atomic E-state index is 12.9. The average Bonchev–Trinajstić information content (AvgIpc) is 3.44. The Hall–Kier alpha value is -3.90. The molecule has 0 saturated heterocycles. The highest BCUT2D eigenvalue weighted by Crippen LogP contribution is 2.41. The predicted molar refractivity (Wildman–Crippen MR) is 149 cm³/mol. The number of hydrogen-bond donors (Lipinski definition) is 1. The molecule has 36 heavy (non-hydrogen) atoms. The zero-order chi connectivity index (χ0) is 25.6. The number of furan rings is 1. The molecular weight excluding hydrogens is 468 g/mol. The van der Waals surface area contributed by atoms with E-state index < -0.39 is 0 Å². The Morgan fingerprint density at radius 3 is 2.58 bits per heavy atom. The topological polar surface area (TPSA) is 64.4 Å². The van der Waals surface area contributed by atoms with Gasteiger partial charge < -0.3 is 9.15 Å². The van der Waals surface area contributed by atoms with Gasteiger partial charge in [-0.05, 0) is 69.0 Å². The number of amides is 1. The molecule has 1 amide bonds. The van der Waals surface area contributed by atoms with Crippen molar-refractivity contribution < 1.29 is 13.9 Å². The van der Waals surface area contributed by atoms with E-state index in [0.29, 0.717) is 10.9 Å². The summed E-state index contributed by atoms with van der Waals surface area (Å²) in [5, 5.41) is 4.50. The fourth-order valence-electron chi connectivity index (χ4n) is 4.75. The van der Waals surface area contributed by atoms with Crippen LogP contribution < -0.4 is 10.1 Å². The highest BCUT2D eigenvalue weighted by Gasteiger charge is 2.20. The van der Waals surface area contributed by atoms with E-state index in [1.54, 1.807) is 19.4 Å². The van der Waals surface area contributed by atoms with E-state index >= 15 is 0 Å². The van der Waals surface area contributed by atoms with Crippen molar-refractivity contribution in [1.82, 2.24) is 4.98 Å². The molecule has 0 bridgehead atoms. The number of benzene rings is 3. The molecular formula is C30H28N2O3S. The molecule has 3 aromatic carbocycles. The number of nitrogens with one attached hydrogen (secondary N) is 1. The molecule has 0 unspecified atom stereocenters. The molecule has 0 fully saturated rings. The summed E-state index contributed by atoms with van der Waals surface area (Å²) in [5.74, 6) is 0.465. The number of allylic oxidation sites excluding steroid dienone is 1. The fourth-order valence-corrected chi connectivity index (χ4v) is 5.70. The molecule has 0 saturated carbocycles. The van der Waals surface area contributed by atoms with Gasteiger partial charge in [0.05, 0.1) is 23.6 Å². The number of methoxy groups -OCH3 is 1. The number of thiazole rings is 1. The van der Waals surface area contributed by atoms with Gasteiger partial charge in [0, 0.05) is 28.2 Å². The normalized spacial score (nSPS) is 11.9. The van der Waals surface area contributed by atoms with Crippen molar-refractivity contribution in [2.24, 2.45) is 0 Å². The second-order valence-electron chi connectivity index (χ2n) is 9.18. The van der Waals surface area contributed by atoms with Crippen LogP contribution in [0.5, 0.6) is 5.75 Å². The average molecular weight is 497 g/mol. The summed E-state index contributed by atoms with van der Waals surface area (Å²) >= 11 is 1.47. The van der Waals surface area contributed by atoms with Gasteiger partial charge in [-0.25, -0.2) is 4.98 Å². The monoisotopic (exact) mass is 496 g/mol. The van der Waals surface area contributed by atoms with Gasteiger partial charge in [-0.1, -0.05) is 47.2 Å². The number of aromatic nitrogens is 1. The largest absolute Gasteiger partial charge is 0.496 e. The summed E-state index contributed by atoms with van der Waals surface area (Å²) in [6.45, 7) is 10.1. The van der Waals surface area contributed by atoms with Crippen molar-refractivity contribution in [3.63, 3.8) is 0 Å². The van der Waals surface area contributed by atoms with Crippen LogP contribution in [0.25, 0.3) is 37.9 Å². The first-order valence-electron chi connectivity index (χ1n) is 11.8. The zero-order valence-corrected chi connectivity index (χ0v) is 22.1. The maximum Gasteiger partial charge on any atom is 0.250 e. The first-order valence-corrected chi connectivity index (χ1v) is 12.6. The van der Waals surface area contributed by atoms with Gasteiger partial charge in [-0.2, -0.15) is 0 Å². The number of carbonyl (C=O) groups excluding carboxylic acids is 1. The number of fused-ring (bicyclic) bond motifs is 2. The van der Waals surface area contributed by atoms with Gasteiger partial charge in [-0.15, -0.1) is 0 Å². The molecule has 0 spiro atoms.